The van der Waals surface area contributed by atoms with Gasteiger partial charge in [-0.15, -0.1) is 0 Å². The molecule has 0 radical (unpaired) electrons. The van der Waals surface area contributed by atoms with Crippen LogP contribution in [0, 0.1) is 6.92 Å². The van der Waals surface area contributed by atoms with E-state index in [0.717, 1.165) is 10.2 Å². The first-order chi connectivity index (χ1) is 7.59. The van der Waals surface area contributed by atoms with Crippen molar-refractivity contribution in [2.45, 2.75) is 13.0 Å². The molecule has 5 nitrogen and oxygen atoms in total. The van der Waals surface area contributed by atoms with Crippen molar-refractivity contribution in [2.24, 2.45) is 7.05 Å². The highest BCUT2D eigenvalue weighted by Crippen LogP contribution is 2.26. The molecule has 0 saturated carbocycles. The summed E-state index contributed by atoms with van der Waals surface area (Å²) in [7, 11) is 1.77. The fraction of sp³-hybridized carbons (Fsp3) is 0.300. The van der Waals surface area contributed by atoms with E-state index < -0.39 is 6.10 Å². The summed E-state index contributed by atoms with van der Waals surface area (Å²) in [6.07, 6.45) is 4.01. The maximum absolute atomic E-state index is 10.1. The molecule has 6 heteroatoms. The molecule has 0 spiro atoms. The van der Waals surface area contributed by atoms with Gasteiger partial charge in [0, 0.05) is 13.2 Å². The van der Waals surface area contributed by atoms with Crippen LogP contribution in [0.25, 0.3) is 0 Å². The van der Waals surface area contributed by atoms with Crippen LogP contribution in [0.2, 0.25) is 0 Å². The third kappa shape index (κ3) is 1.98. The highest BCUT2D eigenvalue weighted by Gasteiger charge is 2.19. The van der Waals surface area contributed by atoms with Crippen LogP contribution in [-0.2, 0) is 7.05 Å². The summed E-state index contributed by atoms with van der Waals surface area (Å²) in [5.74, 6) is 0. The van der Waals surface area contributed by atoms with Crippen molar-refractivity contribution in [3.63, 3.8) is 0 Å². The van der Waals surface area contributed by atoms with E-state index in [-0.39, 0.29) is 0 Å². The zero-order chi connectivity index (χ0) is 11.7. The van der Waals surface area contributed by atoms with Crippen LogP contribution in [-0.4, -0.2) is 24.9 Å². The van der Waals surface area contributed by atoms with Gasteiger partial charge in [0.25, 0.3) is 0 Å². The zero-order valence-corrected chi connectivity index (χ0v) is 10.5. The molecule has 0 aliphatic carbocycles. The molecular weight excluding hydrogens is 272 g/mol. The predicted molar refractivity (Wildman–Crippen MR) is 61.7 cm³/mol. The number of rotatable bonds is 2. The number of hydrogen-bond acceptors (Lipinski definition) is 4. The highest BCUT2D eigenvalue weighted by atomic mass is 79.9. The molecular formula is C10H11BrN4O. The molecule has 2 aromatic rings. The van der Waals surface area contributed by atoms with Crippen molar-refractivity contribution < 1.29 is 5.11 Å². The molecule has 1 unspecified atom stereocenters. The predicted octanol–water partition coefficient (Wildman–Crippen LogP) is 1.36. The van der Waals surface area contributed by atoms with Gasteiger partial charge in [0.2, 0.25) is 0 Å². The van der Waals surface area contributed by atoms with E-state index in [4.69, 9.17) is 0 Å². The third-order valence-corrected chi connectivity index (χ3v) is 2.89. The van der Waals surface area contributed by atoms with E-state index in [1.54, 1.807) is 30.3 Å². The van der Waals surface area contributed by atoms with Gasteiger partial charge in [-0.3, -0.25) is 14.6 Å². The van der Waals surface area contributed by atoms with E-state index in [2.05, 4.69) is 31.0 Å². The monoisotopic (exact) mass is 282 g/mol. The number of nitrogens with zero attached hydrogens (tertiary/aromatic N) is 4. The van der Waals surface area contributed by atoms with Crippen molar-refractivity contribution >= 4 is 15.9 Å². The minimum atomic E-state index is -0.824. The standard InChI is InChI=1S/C10H11BrN4O/c1-6-3-13-8(5-12-6)10(16)9-7(11)4-14-15(9)2/h3-5,10,16H,1-2H3. The first kappa shape index (κ1) is 11.2. The van der Waals surface area contributed by atoms with Crippen molar-refractivity contribution in [1.29, 1.82) is 0 Å². The Balaban J connectivity index is 2.39. The first-order valence-corrected chi connectivity index (χ1v) is 5.53. The Hall–Kier alpha value is -1.27. The fourth-order valence-electron chi connectivity index (χ4n) is 1.41. The highest BCUT2D eigenvalue weighted by molar-refractivity contribution is 9.10. The Morgan fingerprint density at radius 2 is 2.06 bits per heavy atom. The second kappa shape index (κ2) is 4.31. The van der Waals surface area contributed by atoms with E-state index in [9.17, 15) is 5.11 Å². The maximum atomic E-state index is 10.1. The Morgan fingerprint density at radius 3 is 2.56 bits per heavy atom. The van der Waals surface area contributed by atoms with Crippen molar-refractivity contribution in [1.82, 2.24) is 19.7 Å². The molecule has 1 N–H and O–H groups in total. The van der Waals surface area contributed by atoms with E-state index in [1.165, 1.54) is 0 Å². The van der Waals surface area contributed by atoms with Gasteiger partial charge >= 0.3 is 0 Å². The number of aliphatic hydroxyl groups is 1. The van der Waals surface area contributed by atoms with Gasteiger partial charge in [0.05, 0.1) is 33.9 Å². The van der Waals surface area contributed by atoms with Crippen LogP contribution >= 0.6 is 15.9 Å². The smallest absolute Gasteiger partial charge is 0.140 e. The minimum absolute atomic E-state index is 0.509. The average Bonchev–Trinajstić information content (AvgIpc) is 2.59. The summed E-state index contributed by atoms with van der Waals surface area (Å²) in [4.78, 5) is 8.24. The van der Waals surface area contributed by atoms with E-state index >= 15 is 0 Å². The Morgan fingerprint density at radius 1 is 1.31 bits per heavy atom. The van der Waals surface area contributed by atoms with Gasteiger partial charge in [-0.05, 0) is 22.9 Å². The lowest BCUT2D eigenvalue weighted by Gasteiger charge is -2.10. The minimum Gasteiger partial charge on any atom is -0.380 e. The Labute approximate surface area is 101 Å². The van der Waals surface area contributed by atoms with Crippen molar-refractivity contribution in [3.8, 4) is 0 Å². The number of aromatic nitrogens is 4. The number of aliphatic hydroxyl groups excluding tert-OH is 1. The second-order valence-electron chi connectivity index (χ2n) is 3.49. The van der Waals surface area contributed by atoms with E-state index in [0.29, 0.717) is 11.4 Å². The molecule has 1 atom stereocenters. The summed E-state index contributed by atoms with van der Waals surface area (Å²) in [6.45, 7) is 1.85. The molecule has 0 aromatic carbocycles. The molecule has 0 saturated heterocycles. The third-order valence-electron chi connectivity index (χ3n) is 2.28. The quantitative estimate of drug-likeness (QED) is 0.904. The maximum Gasteiger partial charge on any atom is 0.140 e. The fourth-order valence-corrected chi connectivity index (χ4v) is 1.98. The van der Waals surface area contributed by atoms with Gasteiger partial charge in [0.15, 0.2) is 0 Å². The second-order valence-corrected chi connectivity index (χ2v) is 4.34. The van der Waals surface area contributed by atoms with Crippen LogP contribution < -0.4 is 0 Å². The van der Waals surface area contributed by atoms with Crippen molar-refractivity contribution in [3.05, 3.63) is 40.1 Å². The molecule has 2 heterocycles. The van der Waals surface area contributed by atoms with Crippen LogP contribution in [0.5, 0.6) is 0 Å². The summed E-state index contributed by atoms with van der Waals surface area (Å²) < 4.78 is 2.36. The molecule has 0 fully saturated rings. The normalized spacial score (nSPS) is 12.8. The Kier molecular flexibility index (Phi) is 3.02. The molecule has 2 rings (SSSR count). The molecule has 0 aliphatic rings. The lowest BCUT2D eigenvalue weighted by atomic mass is 10.2. The molecule has 16 heavy (non-hydrogen) atoms. The topological polar surface area (TPSA) is 63.8 Å². The Bertz CT molecular complexity index is 475. The first-order valence-electron chi connectivity index (χ1n) is 4.73. The van der Waals surface area contributed by atoms with Gasteiger partial charge in [-0.2, -0.15) is 5.10 Å². The number of hydrogen-bond donors (Lipinski definition) is 1. The van der Waals surface area contributed by atoms with Crippen LogP contribution in [0.1, 0.15) is 23.2 Å². The van der Waals surface area contributed by atoms with Crippen LogP contribution in [0.3, 0.4) is 0 Å². The lowest BCUT2D eigenvalue weighted by molar-refractivity contribution is 0.203. The van der Waals surface area contributed by atoms with Crippen LogP contribution in [0.15, 0.2) is 23.1 Å². The molecule has 0 amide bonds. The average molecular weight is 283 g/mol. The lowest BCUT2D eigenvalue weighted by Crippen LogP contribution is -2.09. The van der Waals surface area contributed by atoms with E-state index in [1.807, 2.05) is 6.92 Å². The largest absolute Gasteiger partial charge is 0.380 e. The SMILES string of the molecule is Cc1cnc(C(O)c2c(Br)cnn2C)cn1. The number of aryl methyl sites for hydroxylation is 2. The van der Waals surface area contributed by atoms with Gasteiger partial charge in [-0.1, -0.05) is 0 Å². The summed E-state index contributed by atoms with van der Waals surface area (Å²) in [5.41, 5.74) is 1.99. The summed E-state index contributed by atoms with van der Waals surface area (Å²) in [6, 6.07) is 0. The van der Waals surface area contributed by atoms with Gasteiger partial charge in [-0.25, -0.2) is 0 Å². The van der Waals surface area contributed by atoms with Gasteiger partial charge in [0.1, 0.15) is 6.10 Å². The summed E-state index contributed by atoms with van der Waals surface area (Å²) in [5, 5.41) is 14.2. The molecule has 2 aromatic heterocycles. The molecule has 84 valence electrons. The van der Waals surface area contributed by atoms with Crippen molar-refractivity contribution in [2.75, 3.05) is 0 Å². The number of halogens is 1. The van der Waals surface area contributed by atoms with Crippen LogP contribution in [0.4, 0.5) is 0 Å². The zero-order valence-electron chi connectivity index (χ0n) is 8.92. The summed E-state index contributed by atoms with van der Waals surface area (Å²) >= 11 is 3.34. The van der Waals surface area contributed by atoms with Gasteiger partial charge < -0.3 is 5.11 Å². The molecule has 0 aliphatic heterocycles. The molecule has 0 bridgehead atoms.